The lowest BCUT2D eigenvalue weighted by molar-refractivity contribution is -0.384. The highest BCUT2D eigenvalue weighted by atomic mass is 79.9. The predicted octanol–water partition coefficient (Wildman–Crippen LogP) is 3.95. The van der Waals surface area contributed by atoms with Crippen LogP contribution in [0.3, 0.4) is 0 Å². The van der Waals surface area contributed by atoms with Crippen molar-refractivity contribution in [3.05, 3.63) is 43.5 Å². The Labute approximate surface area is 135 Å². The van der Waals surface area contributed by atoms with Gasteiger partial charge in [0.1, 0.15) is 0 Å². The Morgan fingerprint density at radius 2 is 2.00 bits per heavy atom. The van der Waals surface area contributed by atoms with Crippen LogP contribution in [0.1, 0.15) is 0 Å². The minimum atomic E-state index is -0.354. The molecule has 0 N–H and O–H groups in total. The average molecular weight is 412 g/mol. The van der Waals surface area contributed by atoms with Crippen LogP contribution in [-0.4, -0.2) is 19.0 Å². The maximum atomic E-state index is 11.2. The number of halogens is 2. The first-order valence-electron chi connectivity index (χ1n) is 6.25. The first-order valence-corrected chi connectivity index (χ1v) is 7.84. The predicted molar refractivity (Wildman–Crippen MR) is 85.2 cm³/mol. The van der Waals surface area contributed by atoms with Gasteiger partial charge in [0.2, 0.25) is 0 Å². The number of hydrogen-bond donors (Lipinski definition) is 0. The summed E-state index contributed by atoms with van der Waals surface area (Å²) in [5, 5.41) is 11.2. The number of imidazole rings is 1. The number of aromatic nitrogens is 3. The Balaban J connectivity index is 2.07. The summed E-state index contributed by atoms with van der Waals surface area (Å²) in [5.74, 6) is 0.651. The summed E-state index contributed by atoms with van der Waals surface area (Å²) in [6.07, 6.45) is 1.75. The highest BCUT2D eigenvalue weighted by Gasteiger charge is 2.29. The van der Waals surface area contributed by atoms with Gasteiger partial charge in [-0.05, 0) is 44.0 Å². The molecule has 0 bridgehead atoms. The standard InChI is InChI=1S/C13H8Br2N4O2/c14-7-5-9-11(6-8(7)15)18-4-3-17-2-1-10(19(20)21)12(17)13(18)16-9/h1-2,5-6H,3-4H2. The van der Waals surface area contributed by atoms with Gasteiger partial charge in [-0.1, -0.05) is 0 Å². The van der Waals surface area contributed by atoms with Crippen LogP contribution in [0.5, 0.6) is 0 Å². The highest BCUT2D eigenvalue weighted by Crippen LogP contribution is 2.37. The Bertz CT molecular complexity index is 913. The van der Waals surface area contributed by atoms with Crippen molar-refractivity contribution in [1.82, 2.24) is 14.1 Å². The van der Waals surface area contributed by atoms with Gasteiger partial charge in [-0.25, -0.2) is 4.98 Å². The first kappa shape index (κ1) is 13.0. The summed E-state index contributed by atoms with van der Waals surface area (Å²) in [6, 6.07) is 5.44. The van der Waals surface area contributed by atoms with Crippen molar-refractivity contribution in [1.29, 1.82) is 0 Å². The van der Waals surface area contributed by atoms with Gasteiger partial charge < -0.3 is 9.13 Å². The summed E-state index contributed by atoms with van der Waals surface area (Å²) in [4.78, 5) is 15.5. The van der Waals surface area contributed by atoms with Crippen LogP contribution in [0.4, 0.5) is 5.69 Å². The smallest absolute Gasteiger partial charge is 0.298 e. The molecule has 106 valence electrons. The van der Waals surface area contributed by atoms with Gasteiger partial charge in [-0.2, -0.15) is 0 Å². The maximum absolute atomic E-state index is 11.2. The van der Waals surface area contributed by atoms with Crippen LogP contribution in [0.15, 0.2) is 33.3 Å². The number of fused-ring (bicyclic) bond motifs is 5. The molecule has 1 aliphatic heterocycles. The van der Waals surface area contributed by atoms with E-state index in [4.69, 9.17) is 0 Å². The van der Waals surface area contributed by atoms with E-state index in [9.17, 15) is 10.1 Å². The Morgan fingerprint density at radius 3 is 2.76 bits per heavy atom. The van der Waals surface area contributed by atoms with Crippen LogP contribution >= 0.6 is 31.9 Å². The topological polar surface area (TPSA) is 65.9 Å². The number of nitrogens with zero attached hydrogens (tertiary/aromatic N) is 4. The fourth-order valence-corrected chi connectivity index (χ4v) is 3.44. The third-order valence-corrected chi connectivity index (χ3v) is 5.55. The van der Waals surface area contributed by atoms with E-state index in [1.54, 1.807) is 6.20 Å². The summed E-state index contributed by atoms with van der Waals surface area (Å²) in [5.41, 5.74) is 2.48. The van der Waals surface area contributed by atoms with Crippen LogP contribution in [-0.2, 0) is 13.1 Å². The second kappa shape index (κ2) is 4.41. The average Bonchev–Trinajstić information content (AvgIpc) is 3.00. The van der Waals surface area contributed by atoms with Crippen LogP contribution in [0, 0.1) is 10.1 Å². The third kappa shape index (κ3) is 1.78. The molecule has 0 saturated carbocycles. The number of nitro groups is 1. The SMILES string of the molecule is O=[N+]([O-])c1ccn2c1-c1nc3cc(Br)c(Br)cc3n1CC2. The molecule has 3 heterocycles. The van der Waals surface area contributed by atoms with Crippen LogP contribution in [0.2, 0.25) is 0 Å². The Kier molecular flexibility index (Phi) is 2.74. The Hall–Kier alpha value is -1.67. The normalized spacial score (nSPS) is 13.2. The first-order chi connectivity index (χ1) is 10.1. The van der Waals surface area contributed by atoms with Gasteiger partial charge in [0.15, 0.2) is 11.5 Å². The molecule has 0 saturated heterocycles. The second-order valence-corrected chi connectivity index (χ2v) is 6.55. The minimum Gasteiger partial charge on any atom is -0.337 e. The van der Waals surface area contributed by atoms with Crippen molar-refractivity contribution < 1.29 is 4.92 Å². The molecule has 0 radical (unpaired) electrons. The molecule has 21 heavy (non-hydrogen) atoms. The van der Waals surface area contributed by atoms with Gasteiger partial charge in [0.05, 0.1) is 16.0 Å². The summed E-state index contributed by atoms with van der Waals surface area (Å²) in [6.45, 7) is 1.45. The van der Waals surface area contributed by atoms with Crippen LogP contribution < -0.4 is 0 Å². The van der Waals surface area contributed by atoms with Crippen molar-refractivity contribution >= 4 is 48.6 Å². The molecule has 1 aromatic carbocycles. The molecular formula is C13H8Br2N4O2. The summed E-state index contributed by atoms with van der Waals surface area (Å²) >= 11 is 6.95. The molecule has 0 atom stereocenters. The van der Waals surface area contributed by atoms with Crippen molar-refractivity contribution in [2.24, 2.45) is 0 Å². The Morgan fingerprint density at radius 1 is 1.24 bits per heavy atom. The molecule has 3 aromatic rings. The number of rotatable bonds is 1. The van der Waals surface area contributed by atoms with Gasteiger partial charge in [-0.3, -0.25) is 10.1 Å². The lowest BCUT2D eigenvalue weighted by Crippen LogP contribution is -2.16. The number of benzene rings is 1. The summed E-state index contributed by atoms with van der Waals surface area (Å²) < 4.78 is 5.78. The molecule has 1 aliphatic rings. The monoisotopic (exact) mass is 410 g/mol. The molecule has 0 aliphatic carbocycles. The van der Waals surface area contributed by atoms with E-state index >= 15 is 0 Å². The molecule has 0 unspecified atom stereocenters. The zero-order valence-electron chi connectivity index (χ0n) is 10.6. The third-order valence-electron chi connectivity index (χ3n) is 3.71. The number of aryl methyl sites for hydroxylation is 2. The van der Waals surface area contributed by atoms with E-state index in [1.807, 2.05) is 21.3 Å². The zero-order valence-corrected chi connectivity index (χ0v) is 13.8. The molecule has 0 fully saturated rings. The van der Waals surface area contributed by atoms with E-state index in [1.165, 1.54) is 6.07 Å². The molecule has 6 nitrogen and oxygen atoms in total. The van der Waals surface area contributed by atoms with Gasteiger partial charge >= 0.3 is 0 Å². The lowest BCUT2D eigenvalue weighted by Gasteiger charge is -2.17. The van der Waals surface area contributed by atoms with E-state index in [-0.39, 0.29) is 10.6 Å². The van der Waals surface area contributed by atoms with E-state index in [2.05, 4.69) is 36.8 Å². The largest absolute Gasteiger partial charge is 0.337 e. The molecule has 8 heteroatoms. The van der Waals surface area contributed by atoms with Crippen molar-refractivity contribution in [3.63, 3.8) is 0 Å². The second-order valence-electron chi connectivity index (χ2n) is 4.84. The van der Waals surface area contributed by atoms with E-state index < -0.39 is 0 Å². The summed E-state index contributed by atoms with van der Waals surface area (Å²) in [7, 11) is 0. The van der Waals surface area contributed by atoms with Crippen molar-refractivity contribution in [2.45, 2.75) is 13.1 Å². The van der Waals surface area contributed by atoms with E-state index in [0.717, 1.165) is 26.5 Å². The fourth-order valence-electron chi connectivity index (χ4n) is 2.77. The molecule has 2 aromatic heterocycles. The molecule has 4 rings (SSSR count). The van der Waals surface area contributed by atoms with Crippen molar-refractivity contribution in [3.8, 4) is 11.5 Å². The van der Waals surface area contributed by atoms with Gasteiger partial charge in [0.25, 0.3) is 5.69 Å². The zero-order chi connectivity index (χ0) is 14.7. The van der Waals surface area contributed by atoms with Crippen LogP contribution in [0.25, 0.3) is 22.6 Å². The highest BCUT2D eigenvalue weighted by molar-refractivity contribution is 9.13. The van der Waals surface area contributed by atoms with Gasteiger partial charge in [0, 0.05) is 34.3 Å². The molecular weight excluding hydrogens is 404 g/mol. The maximum Gasteiger partial charge on any atom is 0.298 e. The number of hydrogen-bond acceptors (Lipinski definition) is 3. The van der Waals surface area contributed by atoms with E-state index in [0.29, 0.717) is 18.1 Å². The quantitative estimate of drug-likeness (QED) is 0.449. The van der Waals surface area contributed by atoms with Crippen molar-refractivity contribution in [2.75, 3.05) is 0 Å². The minimum absolute atomic E-state index is 0.101. The molecule has 0 spiro atoms. The lowest BCUT2D eigenvalue weighted by atomic mass is 10.3. The fraction of sp³-hybridized carbons (Fsp3) is 0.154. The molecule has 0 amide bonds. The van der Waals surface area contributed by atoms with Gasteiger partial charge in [-0.15, -0.1) is 0 Å².